The minimum absolute atomic E-state index is 0.00701. The van der Waals surface area contributed by atoms with E-state index in [2.05, 4.69) is 6.58 Å². The molecule has 1 aromatic carbocycles. The van der Waals surface area contributed by atoms with Crippen LogP contribution in [0.3, 0.4) is 0 Å². The second kappa shape index (κ2) is 4.91. The predicted molar refractivity (Wildman–Crippen MR) is 60.8 cm³/mol. The summed E-state index contributed by atoms with van der Waals surface area (Å²) in [7, 11) is 0. The van der Waals surface area contributed by atoms with Crippen LogP contribution in [-0.4, -0.2) is 11.5 Å². The summed E-state index contributed by atoms with van der Waals surface area (Å²) in [6.07, 6.45) is 0.570. The van der Waals surface area contributed by atoms with Crippen LogP contribution in [0.15, 0.2) is 24.8 Å². The molecule has 1 aromatic rings. The second-order valence-electron chi connectivity index (χ2n) is 3.06. The summed E-state index contributed by atoms with van der Waals surface area (Å²) >= 11 is 5.91. The van der Waals surface area contributed by atoms with Gasteiger partial charge in [0.15, 0.2) is 0 Å². The van der Waals surface area contributed by atoms with Crippen molar-refractivity contribution in [1.82, 2.24) is 0 Å². The molecule has 0 bridgehead atoms. The Kier molecular flexibility index (Phi) is 3.82. The molecule has 0 unspecified atom stereocenters. The van der Waals surface area contributed by atoms with Crippen molar-refractivity contribution in [1.29, 1.82) is 0 Å². The smallest absolute Gasteiger partial charge is 0.270 e. The molecule has 15 heavy (non-hydrogen) atoms. The van der Waals surface area contributed by atoms with E-state index in [9.17, 15) is 10.1 Å². The van der Waals surface area contributed by atoms with Crippen LogP contribution in [0.25, 0.3) is 5.57 Å². The van der Waals surface area contributed by atoms with E-state index in [0.717, 1.165) is 0 Å². The van der Waals surface area contributed by atoms with Gasteiger partial charge in [-0.2, -0.15) is 0 Å². The van der Waals surface area contributed by atoms with Crippen molar-refractivity contribution in [3.8, 4) is 0 Å². The quantitative estimate of drug-likeness (QED) is 0.634. The molecule has 0 radical (unpaired) electrons. The standard InChI is InChI=1S/C10H11ClN2O2/c1-7(4-5-12)9-6-8(13(14)15)2-3-10(9)11/h2-3,6H,1,4-5,12H2. The van der Waals surface area contributed by atoms with Crippen LogP contribution in [0.2, 0.25) is 5.02 Å². The highest BCUT2D eigenvalue weighted by atomic mass is 35.5. The molecule has 5 heteroatoms. The van der Waals surface area contributed by atoms with Gasteiger partial charge >= 0.3 is 0 Å². The molecule has 0 saturated heterocycles. The number of non-ortho nitro benzene ring substituents is 1. The van der Waals surface area contributed by atoms with Gasteiger partial charge in [0, 0.05) is 22.7 Å². The van der Waals surface area contributed by atoms with E-state index in [0.29, 0.717) is 29.1 Å². The van der Waals surface area contributed by atoms with Crippen LogP contribution < -0.4 is 5.73 Å². The number of benzene rings is 1. The minimum Gasteiger partial charge on any atom is -0.330 e. The Bertz CT molecular complexity index is 404. The molecule has 0 atom stereocenters. The first-order valence-corrected chi connectivity index (χ1v) is 4.76. The Morgan fingerprint density at radius 1 is 1.60 bits per heavy atom. The summed E-state index contributed by atoms with van der Waals surface area (Å²) in [5.74, 6) is 0. The molecule has 0 spiro atoms. The zero-order valence-electron chi connectivity index (χ0n) is 8.07. The molecule has 4 nitrogen and oxygen atoms in total. The van der Waals surface area contributed by atoms with Gasteiger partial charge in [-0.05, 0) is 24.6 Å². The van der Waals surface area contributed by atoms with Gasteiger partial charge in [0.1, 0.15) is 0 Å². The molecule has 0 aromatic heterocycles. The van der Waals surface area contributed by atoms with Gasteiger partial charge in [-0.15, -0.1) is 0 Å². The Balaban J connectivity index is 3.10. The Morgan fingerprint density at radius 2 is 2.27 bits per heavy atom. The Hall–Kier alpha value is -1.39. The summed E-state index contributed by atoms with van der Waals surface area (Å²) in [5.41, 5.74) is 6.69. The first-order chi connectivity index (χ1) is 7.06. The number of nitrogens with zero attached hydrogens (tertiary/aromatic N) is 1. The van der Waals surface area contributed by atoms with Crippen molar-refractivity contribution < 1.29 is 4.92 Å². The van der Waals surface area contributed by atoms with E-state index in [4.69, 9.17) is 17.3 Å². The molecule has 0 fully saturated rings. The number of nitro benzene ring substituents is 1. The number of rotatable bonds is 4. The number of nitrogens with two attached hydrogens (primary N) is 1. The molecule has 0 aliphatic carbocycles. The van der Waals surface area contributed by atoms with E-state index in [1.54, 1.807) is 0 Å². The van der Waals surface area contributed by atoms with Crippen LogP contribution in [0.5, 0.6) is 0 Å². The van der Waals surface area contributed by atoms with Crippen molar-refractivity contribution in [2.24, 2.45) is 5.73 Å². The minimum atomic E-state index is -0.463. The molecule has 80 valence electrons. The van der Waals surface area contributed by atoms with Crippen molar-refractivity contribution in [3.05, 3.63) is 45.5 Å². The summed E-state index contributed by atoms with van der Waals surface area (Å²) in [4.78, 5) is 10.1. The van der Waals surface area contributed by atoms with Gasteiger partial charge in [0.2, 0.25) is 0 Å². The maximum absolute atomic E-state index is 10.6. The van der Waals surface area contributed by atoms with Crippen molar-refractivity contribution >= 4 is 22.9 Å². The number of hydrogen-bond donors (Lipinski definition) is 1. The van der Waals surface area contributed by atoms with Crippen molar-refractivity contribution in [2.45, 2.75) is 6.42 Å². The molecule has 0 aliphatic rings. The van der Waals surface area contributed by atoms with Crippen LogP contribution >= 0.6 is 11.6 Å². The third-order valence-corrected chi connectivity index (χ3v) is 2.32. The predicted octanol–water partition coefficient (Wildman–Crippen LogP) is 2.61. The maximum atomic E-state index is 10.6. The lowest BCUT2D eigenvalue weighted by Crippen LogP contribution is -2.00. The third kappa shape index (κ3) is 2.78. The van der Waals surface area contributed by atoms with Crippen LogP contribution in [0.4, 0.5) is 5.69 Å². The number of nitro groups is 1. The summed E-state index contributed by atoms with van der Waals surface area (Å²) < 4.78 is 0. The number of hydrogen-bond acceptors (Lipinski definition) is 3. The normalized spacial score (nSPS) is 10.0. The summed E-state index contributed by atoms with van der Waals surface area (Å²) in [6, 6.07) is 4.28. The van der Waals surface area contributed by atoms with Gasteiger partial charge in [-0.1, -0.05) is 18.2 Å². The molecule has 0 aliphatic heterocycles. The van der Waals surface area contributed by atoms with Crippen LogP contribution in [0.1, 0.15) is 12.0 Å². The Morgan fingerprint density at radius 3 is 2.80 bits per heavy atom. The molecule has 0 saturated carbocycles. The molecule has 0 amide bonds. The fourth-order valence-electron chi connectivity index (χ4n) is 1.21. The van der Waals surface area contributed by atoms with E-state index in [-0.39, 0.29) is 5.69 Å². The molecule has 1 rings (SSSR count). The molecule has 0 heterocycles. The average molecular weight is 227 g/mol. The van der Waals surface area contributed by atoms with Crippen LogP contribution in [-0.2, 0) is 0 Å². The fourth-order valence-corrected chi connectivity index (χ4v) is 1.46. The highest BCUT2D eigenvalue weighted by molar-refractivity contribution is 6.32. The summed E-state index contributed by atoms with van der Waals surface area (Å²) in [6.45, 7) is 4.23. The van der Waals surface area contributed by atoms with Crippen molar-refractivity contribution in [3.63, 3.8) is 0 Å². The lowest BCUT2D eigenvalue weighted by atomic mass is 10.0. The number of halogens is 1. The zero-order valence-corrected chi connectivity index (χ0v) is 8.83. The first-order valence-electron chi connectivity index (χ1n) is 4.38. The Labute approximate surface area is 92.5 Å². The summed E-state index contributed by atoms with van der Waals surface area (Å²) in [5, 5.41) is 11.0. The maximum Gasteiger partial charge on any atom is 0.270 e. The zero-order chi connectivity index (χ0) is 11.4. The topological polar surface area (TPSA) is 69.2 Å². The van der Waals surface area contributed by atoms with Gasteiger partial charge < -0.3 is 5.73 Å². The average Bonchev–Trinajstić information content (AvgIpc) is 2.18. The third-order valence-electron chi connectivity index (χ3n) is 1.99. The first kappa shape index (κ1) is 11.7. The monoisotopic (exact) mass is 226 g/mol. The van der Waals surface area contributed by atoms with E-state index >= 15 is 0 Å². The van der Waals surface area contributed by atoms with E-state index in [1.165, 1.54) is 18.2 Å². The SMILES string of the molecule is C=C(CCN)c1cc([N+](=O)[O-])ccc1Cl. The van der Waals surface area contributed by atoms with Gasteiger partial charge in [-0.25, -0.2) is 0 Å². The highest BCUT2D eigenvalue weighted by Gasteiger charge is 2.11. The lowest BCUT2D eigenvalue weighted by molar-refractivity contribution is -0.384. The van der Waals surface area contributed by atoms with Crippen molar-refractivity contribution in [2.75, 3.05) is 6.54 Å². The van der Waals surface area contributed by atoms with E-state index < -0.39 is 4.92 Å². The van der Waals surface area contributed by atoms with E-state index in [1.807, 2.05) is 0 Å². The van der Waals surface area contributed by atoms with Gasteiger partial charge in [0.05, 0.1) is 4.92 Å². The lowest BCUT2D eigenvalue weighted by Gasteiger charge is -2.06. The van der Waals surface area contributed by atoms with Gasteiger partial charge in [0.25, 0.3) is 5.69 Å². The fraction of sp³-hybridized carbons (Fsp3) is 0.200. The largest absolute Gasteiger partial charge is 0.330 e. The van der Waals surface area contributed by atoms with Crippen LogP contribution in [0, 0.1) is 10.1 Å². The van der Waals surface area contributed by atoms with Gasteiger partial charge in [-0.3, -0.25) is 10.1 Å². The highest BCUT2D eigenvalue weighted by Crippen LogP contribution is 2.28. The second-order valence-corrected chi connectivity index (χ2v) is 3.47. The molecule has 2 N–H and O–H groups in total. The molecular weight excluding hydrogens is 216 g/mol. The molecular formula is C10H11ClN2O2.